The van der Waals surface area contributed by atoms with Gasteiger partial charge in [-0.2, -0.15) is 0 Å². The van der Waals surface area contributed by atoms with Crippen molar-refractivity contribution in [1.29, 1.82) is 5.41 Å². The number of rotatable bonds is 6. The van der Waals surface area contributed by atoms with Gasteiger partial charge in [0, 0.05) is 24.3 Å². The molecule has 2 aromatic rings. The highest BCUT2D eigenvalue weighted by Crippen LogP contribution is 2.22. The van der Waals surface area contributed by atoms with Gasteiger partial charge in [0.25, 0.3) is 5.91 Å². The third kappa shape index (κ3) is 4.95. The van der Waals surface area contributed by atoms with Gasteiger partial charge < -0.3 is 15.5 Å². The van der Waals surface area contributed by atoms with Gasteiger partial charge in [-0.1, -0.05) is 46.3 Å². The van der Waals surface area contributed by atoms with E-state index in [9.17, 15) is 4.79 Å². The summed E-state index contributed by atoms with van der Waals surface area (Å²) in [4.78, 5) is 14.0. The minimum Gasteiger partial charge on any atom is -0.368 e. The van der Waals surface area contributed by atoms with Crippen LogP contribution in [0.4, 0.5) is 11.5 Å². The first kappa shape index (κ1) is 20.7. The fourth-order valence-electron chi connectivity index (χ4n) is 2.00. The van der Waals surface area contributed by atoms with Crippen molar-refractivity contribution >= 4 is 50.8 Å². The molecule has 0 saturated heterocycles. The maximum absolute atomic E-state index is 12.4. The van der Waals surface area contributed by atoms with Crippen LogP contribution in [0.2, 0.25) is 0 Å². The van der Waals surface area contributed by atoms with Gasteiger partial charge in [0.2, 0.25) is 5.82 Å². The molecule has 3 N–H and O–H groups in total. The number of halogens is 2. The molecule has 10 heteroatoms. The number of amidine groups is 1. The van der Waals surface area contributed by atoms with Crippen molar-refractivity contribution in [2.24, 2.45) is 0 Å². The number of amides is 1. The lowest BCUT2D eigenvalue weighted by atomic mass is 10.2. The molecule has 0 atom stereocenters. The zero-order valence-electron chi connectivity index (χ0n) is 14.9. The molecular formula is C17H18BrClN6O2. The molecule has 8 nitrogen and oxygen atoms in total. The van der Waals surface area contributed by atoms with Gasteiger partial charge >= 0.3 is 0 Å². The lowest BCUT2D eigenvalue weighted by Crippen LogP contribution is -2.21. The van der Waals surface area contributed by atoms with E-state index < -0.39 is 5.91 Å². The summed E-state index contributed by atoms with van der Waals surface area (Å²) < 4.78 is 5.57. The van der Waals surface area contributed by atoms with Crippen LogP contribution < -0.4 is 10.6 Å². The molecule has 0 saturated carbocycles. The van der Waals surface area contributed by atoms with E-state index in [1.807, 2.05) is 25.1 Å². The molecule has 1 amide bonds. The third-order valence-electron chi connectivity index (χ3n) is 3.46. The smallest absolute Gasteiger partial charge is 0.259 e. The Bertz CT molecular complexity index is 922. The maximum atomic E-state index is 12.4. The second-order valence-corrected chi connectivity index (χ2v) is 6.89. The van der Waals surface area contributed by atoms with Gasteiger partial charge in [0.1, 0.15) is 5.16 Å². The number of carbonyl (C=O) groups excluding carboxylic acids is 1. The van der Waals surface area contributed by atoms with Gasteiger partial charge in [0.15, 0.2) is 11.5 Å². The van der Waals surface area contributed by atoms with Gasteiger partial charge in [-0.3, -0.25) is 10.2 Å². The maximum Gasteiger partial charge on any atom is 0.259 e. The van der Waals surface area contributed by atoms with Crippen molar-refractivity contribution < 1.29 is 9.42 Å². The molecule has 2 rings (SSSR count). The number of anilines is 2. The summed E-state index contributed by atoms with van der Waals surface area (Å²) in [7, 11) is 3.39. The van der Waals surface area contributed by atoms with E-state index in [2.05, 4.69) is 48.1 Å². The number of benzene rings is 1. The van der Waals surface area contributed by atoms with Gasteiger partial charge in [-0.15, -0.1) is 0 Å². The Morgan fingerprint density at radius 2 is 2.07 bits per heavy atom. The van der Waals surface area contributed by atoms with E-state index in [0.29, 0.717) is 5.69 Å². The molecule has 0 aliphatic rings. The SMILES string of the molecule is C=C/C(C(=O)Nc1nonc1C(=N)Nc1ccc(C)c(Br)c1)=C(/Cl)N(C)C. The fourth-order valence-corrected chi connectivity index (χ4v) is 2.54. The van der Waals surface area contributed by atoms with Crippen LogP contribution in [0, 0.1) is 12.3 Å². The normalized spacial score (nSPS) is 11.4. The van der Waals surface area contributed by atoms with Crippen molar-refractivity contribution in [1.82, 2.24) is 15.2 Å². The first-order chi connectivity index (χ1) is 12.7. The molecule has 27 heavy (non-hydrogen) atoms. The van der Waals surface area contributed by atoms with E-state index >= 15 is 0 Å². The Hall–Kier alpha value is -2.65. The minimum atomic E-state index is -0.550. The third-order valence-corrected chi connectivity index (χ3v) is 4.86. The Balaban J connectivity index is 2.20. The lowest BCUT2D eigenvalue weighted by molar-refractivity contribution is -0.112. The number of nitrogens with one attached hydrogen (secondary N) is 3. The molecule has 1 heterocycles. The summed E-state index contributed by atoms with van der Waals surface area (Å²) in [6.07, 6.45) is 1.33. The Morgan fingerprint density at radius 1 is 1.37 bits per heavy atom. The summed E-state index contributed by atoms with van der Waals surface area (Å²) in [6, 6.07) is 5.54. The lowest BCUT2D eigenvalue weighted by Gasteiger charge is -2.14. The average molecular weight is 454 g/mol. The summed E-state index contributed by atoms with van der Waals surface area (Å²) in [6.45, 7) is 5.55. The van der Waals surface area contributed by atoms with Crippen molar-refractivity contribution in [2.75, 3.05) is 24.7 Å². The van der Waals surface area contributed by atoms with Crippen LogP contribution in [0.15, 0.2) is 50.7 Å². The predicted molar refractivity (Wildman–Crippen MR) is 109 cm³/mol. The van der Waals surface area contributed by atoms with Crippen LogP contribution in [-0.2, 0) is 4.79 Å². The number of carbonyl (C=O) groups is 1. The molecular weight excluding hydrogens is 436 g/mol. The highest BCUT2D eigenvalue weighted by Gasteiger charge is 2.20. The van der Waals surface area contributed by atoms with E-state index in [0.717, 1.165) is 10.0 Å². The molecule has 1 aromatic heterocycles. The molecule has 0 fully saturated rings. The highest BCUT2D eigenvalue weighted by atomic mass is 79.9. The minimum absolute atomic E-state index is 0.00810. The zero-order valence-corrected chi connectivity index (χ0v) is 17.3. The fraction of sp³-hybridized carbons (Fsp3) is 0.176. The van der Waals surface area contributed by atoms with E-state index in [1.165, 1.54) is 6.08 Å². The van der Waals surface area contributed by atoms with Crippen LogP contribution in [-0.4, -0.2) is 41.1 Å². The molecule has 0 bridgehead atoms. The van der Waals surface area contributed by atoms with Crippen LogP contribution in [0.25, 0.3) is 0 Å². The quantitative estimate of drug-likeness (QED) is 0.202. The Kier molecular flexibility index (Phi) is 6.75. The molecule has 1 aromatic carbocycles. The average Bonchev–Trinajstić information content (AvgIpc) is 3.06. The van der Waals surface area contributed by atoms with E-state index in [4.69, 9.17) is 17.0 Å². The molecule has 0 aliphatic heterocycles. The number of hydrogen-bond donors (Lipinski definition) is 3. The first-order valence-electron chi connectivity index (χ1n) is 7.70. The summed E-state index contributed by atoms with van der Waals surface area (Å²) in [5, 5.41) is 21.1. The topological polar surface area (TPSA) is 107 Å². The van der Waals surface area contributed by atoms with Crippen molar-refractivity contribution in [3.05, 3.63) is 57.3 Å². The largest absolute Gasteiger partial charge is 0.368 e. The second-order valence-electron chi connectivity index (χ2n) is 5.68. The van der Waals surface area contributed by atoms with Gasteiger partial charge in [0.05, 0.1) is 5.57 Å². The first-order valence-corrected chi connectivity index (χ1v) is 8.87. The number of aromatic nitrogens is 2. The van der Waals surface area contributed by atoms with E-state index in [1.54, 1.807) is 19.0 Å². The standard InChI is InChI=1S/C17H18BrClN6O2/c1-5-11(14(19)25(3)4)17(26)22-16-13(23-27-24-16)15(20)21-10-7-6-9(2)12(18)8-10/h5-8H,1H2,2-4H3,(H2,20,21)(H,22,24,26)/b14-11+. The van der Waals surface area contributed by atoms with Crippen molar-refractivity contribution in [3.8, 4) is 0 Å². The van der Waals surface area contributed by atoms with Gasteiger partial charge in [-0.05, 0) is 34.9 Å². The number of aryl methyl sites for hydroxylation is 1. The van der Waals surface area contributed by atoms with Crippen molar-refractivity contribution in [3.63, 3.8) is 0 Å². The second kappa shape index (κ2) is 8.83. The van der Waals surface area contributed by atoms with E-state index in [-0.39, 0.29) is 28.1 Å². The molecule has 0 aliphatic carbocycles. The zero-order chi connectivity index (χ0) is 20.1. The molecule has 0 spiro atoms. The van der Waals surface area contributed by atoms with Crippen LogP contribution >= 0.6 is 27.5 Å². The van der Waals surface area contributed by atoms with Crippen LogP contribution in [0.1, 0.15) is 11.3 Å². The number of nitrogens with zero attached hydrogens (tertiary/aromatic N) is 3. The van der Waals surface area contributed by atoms with Gasteiger partial charge in [-0.25, -0.2) is 4.63 Å². The summed E-state index contributed by atoms with van der Waals surface area (Å²) in [5.74, 6) is -0.650. The summed E-state index contributed by atoms with van der Waals surface area (Å²) >= 11 is 9.55. The van der Waals surface area contributed by atoms with Crippen LogP contribution in [0.3, 0.4) is 0 Å². The highest BCUT2D eigenvalue weighted by molar-refractivity contribution is 9.10. The van der Waals surface area contributed by atoms with Crippen LogP contribution in [0.5, 0.6) is 0 Å². The predicted octanol–water partition coefficient (Wildman–Crippen LogP) is 3.71. The molecule has 0 radical (unpaired) electrons. The Labute approximate surface area is 169 Å². The molecule has 142 valence electrons. The number of hydrogen-bond acceptors (Lipinski definition) is 6. The molecule has 0 unspecified atom stereocenters. The summed E-state index contributed by atoms with van der Waals surface area (Å²) in [5.41, 5.74) is 1.92. The monoisotopic (exact) mass is 452 g/mol. The Morgan fingerprint density at radius 3 is 2.67 bits per heavy atom. The van der Waals surface area contributed by atoms with Crippen molar-refractivity contribution in [2.45, 2.75) is 6.92 Å².